The molecule has 0 unspecified atom stereocenters. The Kier molecular flexibility index (Phi) is 10.3. The van der Waals surface area contributed by atoms with Gasteiger partial charge in [-0.3, -0.25) is 28.2 Å². The van der Waals surface area contributed by atoms with Gasteiger partial charge in [0.1, 0.15) is 13.1 Å². The molecule has 4 aromatic rings. The maximum Gasteiger partial charge on any atom is 0.416 e. The Labute approximate surface area is 283 Å². The molecule has 2 amide bonds. The lowest BCUT2D eigenvalue weighted by Crippen LogP contribution is -2.43. The molecule has 23 heteroatoms. The standard InChI is InChI=1S/C27H26ClF6N9O6S/c28-16-3-1-15(2-4-16)21-39-42(25(47)41(21)12-19(44)27(32,33)34)13-20-37-22(24(46)40-7-9-50(48,49)10-8-40)43(38-20)18-11-35-6-5-17(18)23(45)36-14-26(29,30)31/h1-6,11,19,44,48-49H,7-10,12-14H2,(H,36,45)/t19-/m0/s1. The molecule has 0 aliphatic carbocycles. The molecule has 0 saturated carbocycles. The smallest absolute Gasteiger partial charge is 0.382 e. The molecule has 0 radical (unpaired) electrons. The van der Waals surface area contributed by atoms with Gasteiger partial charge in [-0.2, -0.15) is 36.9 Å². The Hall–Kier alpha value is -4.51. The molecule has 1 fully saturated rings. The summed E-state index contributed by atoms with van der Waals surface area (Å²) in [5.74, 6) is -3.57. The molecule has 5 rings (SSSR count). The summed E-state index contributed by atoms with van der Waals surface area (Å²) >= 11 is 5.92. The van der Waals surface area contributed by atoms with Crippen LogP contribution in [0.1, 0.15) is 26.8 Å². The van der Waals surface area contributed by atoms with Gasteiger partial charge in [-0.15, -0.1) is 10.2 Å². The molecule has 1 aliphatic rings. The number of aliphatic hydroxyl groups is 1. The van der Waals surface area contributed by atoms with E-state index >= 15 is 0 Å². The van der Waals surface area contributed by atoms with Crippen molar-refractivity contribution in [2.24, 2.45) is 0 Å². The van der Waals surface area contributed by atoms with Gasteiger partial charge in [0.05, 0.1) is 35.5 Å². The van der Waals surface area contributed by atoms with Gasteiger partial charge in [0, 0.05) is 29.9 Å². The molecule has 1 aromatic carbocycles. The second-order valence-corrected chi connectivity index (χ2v) is 13.8. The number of halogens is 7. The third kappa shape index (κ3) is 8.43. The molecule has 0 spiro atoms. The third-order valence-electron chi connectivity index (χ3n) is 7.28. The molecule has 0 bridgehead atoms. The first kappa shape index (κ1) is 36.8. The predicted octanol–water partition coefficient (Wildman–Crippen LogP) is 2.81. The van der Waals surface area contributed by atoms with Crippen LogP contribution < -0.4 is 11.0 Å². The molecule has 1 saturated heterocycles. The number of pyridine rings is 1. The van der Waals surface area contributed by atoms with Crippen molar-refractivity contribution in [1.82, 2.24) is 44.3 Å². The Bertz CT molecular complexity index is 1940. The molecule has 4 heterocycles. The van der Waals surface area contributed by atoms with Crippen LogP contribution in [0, 0.1) is 0 Å². The maximum atomic E-state index is 13.7. The minimum absolute atomic E-state index is 0.134. The summed E-state index contributed by atoms with van der Waals surface area (Å²) in [4.78, 5) is 49.2. The highest BCUT2D eigenvalue weighted by Crippen LogP contribution is 2.40. The van der Waals surface area contributed by atoms with Gasteiger partial charge in [0.2, 0.25) is 5.82 Å². The topological polar surface area (TPSA) is 194 Å². The fraction of sp³-hybridized carbons (Fsp3) is 0.370. The van der Waals surface area contributed by atoms with E-state index in [4.69, 9.17) is 11.6 Å². The zero-order chi connectivity index (χ0) is 36.6. The number of hydrogen-bond acceptors (Lipinski definition) is 10. The summed E-state index contributed by atoms with van der Waals surface area (Å²) in [6.45, 7) is -3.88. The molecule has 270 valence electrons. The normalized spacial score (nSPS) is 16.2. The average molecular weight is 754 g/mol. The van der Waals surface area contributed by atoms with Crippen molar-refractivity contribution in [1.29, 1.82) is 0 Å². The number of amides is 2. The predicted molar refractivity (Wildman–Crippen MR) is 164 cm³/mol. The van der Waals surface area contributed by atoms with Crippen LogP contribution in [0.4, 0.5) is 26.3 Å². The highest BCUT2D eigenvalue weighted by atomic mass is 35.5. The van der Waals surface area contributed by atoms with Crippen molar-refractivity contribution in [2.75, 3.05) is 31.1 Å². The molecule has 3 aromatic heterocycles. The number of aliphatic hydroxyl groups excluding tert-OH is 1. The van der Waals surface area contributed by atoms with Gasteiger partial charge in [0.15, 0.2) is 17.8 Å². The van der Waals surface area contributed by atoms with E-state index in [2.05, 4.69) is 20.2 Å². The number of aromatic nitrogens is 7. The Morgan fingerprint density at radius 2 is 1.68 bits per heavy atom. The van der Waals surface area contributed by atoms with Gasteiger partial charge in [-0.25, -0.2) is 19.1 Å². The summed E-state index contributed by atoms with van der Waals surface area (Å²) < 4.78 is 101. The van der Waals surface area contributed by atoms with Crippen molar-refractivity contribution in [3.8, 4) is 17.1 Å². The molecule has 1 aliphatic heterocycles. The minimum Gasteiger partial charge on any atom is -0.382 e. The van der Waals surface area contributed by atoms with E-state index in [0.29, 0.717) is 9.25 Å². The Morgan fingerprint density at radius 3 is 2.30 bits per heavy atom. The summed E-state index contributed by atoms with van der Waals surface area (Å²) in [5.41, 5.74) is -1.70. The minimum atomic E-state index is -5.09. The van der Waals surface area contributed by atoms with E-state index in [1.165, 1.54) is 29.2 Å². The summed E-state index contributed by atoms with van der Waals surface area (Å²) in [7, 11) is -2.95. The van der Waals surface area contributed by atoms with Crippen LogP contribution in [0.5, 0.6) is 0 Å². The van der Waals surface area contributed by atoms with Crippen molar-refractivity contribution in [3.63, 3.8) is 0 Å². The van der Waals surface area contributed by atoms with E-state index < -0.39 is 77.6 Å². The Balaban J connectivity index is 1.58. The zero-order valence-electron chi connectivity index (χ0n) is 25.3. The van der Waals surface area contributed by atoms with Crippen LogP contribution in [-0.2, 0) is 13.1 Å². The largest absolute Gasteiger partial charge is 0.416 e. The van der Waals surface area contributed by atoms with Crippen molar-refractivity contribution in [3.05, 3.63) is 75.4 Å². The summed E-state index contributed by atoms with van der Waals surface area (Å²) in [5, 5.41) is 20.1. The van der Waals surface area contributed by atoms with Gasteiger partial charge < -0.3 is 15.3 Å². The van der Waals surface area contributed by atoms with Gasteiger partial charge in [-0.1, -0.05) is 11.6 Å². The maximum absolute atomic E-state index is 13.7. The number of benzene rings is 1. The first-order valence-electron chi connectivity index (χ1n) is 14.3. The number of nitrogens with one attached hydrogen (secondary N) is 1. The van der Waals surface area contributed by atoms with E-state index in [0.717, 1.165) is 23.1 Å². The molecule has 1 atom stereocenters. The van der Waals surface area contributed by atoms with Crippen molar-refractivity contribution >= 4 is 34.0 Å². The quantitative estimate of drug-likeness (QED) is 0.185. The number of alkyl halides is 6. The van der Waals surface area contributed by atoms with Crippen LogP contribution in [0.15, 0.2) is 47.5 Å². The van der Waals surface area contributed by atoms with Crippen molar-refractivity contribution in [2.45, 2.75) is 31.5 Å². The van der Waals surface area contributed by atoms with E-state index in [1.807, 2.05) is 0 Å². The number of carbonyl (C=O) groups is 2. The summed E-state index contributed by atoms with van der Waals surface area (Å²) in [6, 6.07) is 6.58. The lowest BCUT2D eigenvalue weighted by Gasteiger charge is -2.40. The highest BCUT2D eigenvalue weighted by Gasteiger charge is 2.39. The van der Waals surface area contributed by atoms with E-state index in [1.54, 1.807) is 5.32 Å². The Morgan fingerprint density at radius 1 is 1.02 bits per heavy atom. The first-order chi connectivity index (χ1) is 23.3. The van der Waals surface area contributed by atoms with Gasteiger partial charge in [-0.05, 0) is 30.3 Å². The second-order valence-electron chi connectivity index (χ2n) is 10.9. The van der Waals surface area contributed by atoms with Crippen LogP contribution in [0.2, 0.25) is 5.02 Å². The molecule has 15 nitrogen and oxygen atoms in total. The monoisotopic (exact) mass is 753 g/mol. The molecular weight excluding hydrogens is 728 g/mol. The second kappa shape index (κ2) is 14.0. The fourth-order valence-corrected chi connectivity index (χ4v) is 6.11. The average Bonchev–Trinajstić information content (AvgIpc) is 3.60. The van der Waals surface area contributed by atoms with Gasteiger partial charge in [0.25, 0.3) is 11.8 Å². The van der Waals surface area contributed by atoms with Crippen molar-refractivity contribution < 1.29 is 50.1 Å². The van der Waals surface area contributed by atoms with E-state index in [-0.39, 0.29) is 52.5 Å². The molecular formula is C27H26ClF6N9O6S. The van der Waals surface area contributed by atoms with Crippen LogP contribution >= 0.6 is 22.2 Å². The SMILES string of the molecule is O=C(NCC(F)(F)F)c1ccncc1-n1nc(Cn2nc(-c3ccc(Cl)cc3)n(C[C@H](O)C(F)(F)F)c2=O)nc1C(=O)N1CCS(O)(O)CC1. The van der Waals surface area contributed by atoms with Crippen LogP contribution in [-0.4, -0.2) is 115 Å². The van der Waals surface area contributed by atoms with Crippen LogP contribution in [0.25, 0.3) is 17.1 Å². The summed E-state index contributed by atoms with van der Waals surface area (Å²) in [6.07, 6.45) is -10.7. The molecule has 4 N–H and O–H groups in total. The number of rotatable bonds is 9. The lowest BCUT2D eigenvalue weighted by molar-refractivity contribution is -0.207. The fourth-order valence-electron chi connectivity index (χ4n) is 4.75. The lowest BCUT2D eigenvalue weighted by atomic mass is 10.2. The molecule has 50 heavy (non-hydrogen) atoms. The number of nitrogens with zero attached hydrogens (tertiary/aromatic N) is 8. The highest BCUT2D eigenvalue weighted by molar-refractivity contribution is 8.24. The first-order valence-corrected chi connectivity index (χ1v) is 16.6. The van der Waals surface area contributed by atoms with E-state index in [9.17, 15) is 54.9 Å². The third-order valence-corrected chi connectivity index (χ3v) is 9.20. The van der Waals surface area contributed by atoms with Crippen LogP contribution in [0.3, 0.4) is 0 Å². The number of carbonyl (C=O) groups excluding carboxylic acids is 2. The zero-order valence-corrected chi connectivity index (χ0v) is 26.8. The number of hydrogen-bond donors (Lipinski definition) is 4. The van der Waals surface area contributed by atoms with Gasteiger partial charge >= 0.3 is 18.0 Å².